The van der Waals surface area contributed by atoms with Crippen LogP contribution in [0.2, 0.25) is 0 Å². The molecule has 1 saturated heterocycles. The van der Waals surface area contributed by atoms with E-state index in [-0.39, 0.29) is 5.91 Å². The van der Waals surface area contributed by atoms with Crippen LogP contribution in [0.1, 0.15) is 29.4 Å². The van der Waals surface area contributed by atoms with Crippen molar-refractivity contribution in [3.8, 4) is 0 Å². The second-order valence-corrected chi connectivity index (χ2v) is 5.89. The van der Waals surface area contributed by atoms with Crippen LogP contribution in [0.25, 0.3) is 10.9 Å². The maximum atomic E-state index is 12.4. The Balaban J connectivity index is 1.49. The lowest BCUT2D eigenvalue weighted by Crippen LogP contribution is -2.21. The van der Waals surface area contributed by atoms with Crippen molar-refractivity contribution < 1.29 is 9.53 Å². The molecule has 1 fully saturated rings. The SMILES string of the molecule is O=C(Nc1ccc2cccnc2c1)c1ccn(C2CCOCC2)n1. The maximum absolute atomic E-state index is 12.4. The molecule has 1 aliphatic heterocycles. The third kappa shape index (κ3) is 3.00. The molecular weight excluding hydrogens is 304 g/mol. The van der Waals surface area contributed by atoms with Gasteiger partial charge < -0.3 is 10.1 Å². The molecule has 2 aromatic heterocycles. The molecule has 0 atom stereocenters. The summed E-state index contributed by atoms with van der Waals surface area (Å²) < 4.78 is 7.24. The summed E-state index contributed by atoms with van der Waals surface area (Å²) in [6.45, 7) is 1.49. The molecule has 6 nitrogen and oxygen atoms in total. The molecule has 6 heteroatoms. The number of carbonyl (C=O) groups excluding carboxylic acids is 1. The summed E-state index contributed by atoms with van der Waals surface area (Å²) in [7, 11) is 0. The Morgan fingerprint density at radius 2 is 2.08 bits per heavy atom. The van der Waals surface area contributed by atoms with Crippen LogP contribution in [0.5, 0.6) is 0 Å². The van der Waals surface area contributed by atoms with Crippen LogP contribution in [-0.4, -0.2) is 33.9 Å². The van der Waals surface area contributed by atoms with Gasteiger partial charge in [0.05, 0.1) is 11.6 Å². The first-order valence-electron chi connectivity index (χ1n) is 8.09. The lowest BCUT2D eigenvalue weighted by atomic mass is 10.1. The van der Waals surface area contributed by atoms with Crippen LogP contribution >= 0.6 is 0 Å². The quantitative estimate of drug-likeness (QED) is 0.805. The predicted octanol–water partition coefficient (Wildman–Crippen LogP) is 3.04. The number of fused-ring (bicyclic) bond motifs is 1. The number of ether oxygens (including phenoxy) is 1. The molecule has 0 bridgehead atoms. The molecule has 0 radical (unpaired) electrons. The Morgan fingerprint density at radius 1 is 1.21 bits per heavy atom. The minimum Gasteiger partial charge on any atom is -0.381 e. The highest BCUT2D eigenvalue weighted by atomic mass is 16.5. The Hall–Kier alpha value is -2.73. The monoisotopic (exact) mass is 322 g/mol. The van der Waals surface area contributed by atoms with Gasteiger partial charge in [-0.25, -0.2) is 0 Å². The van der Waals surface area contributed by atoms with Crippen LogP contribution in [0.15, 0.2) is 48.8 Å². The molecule has 3 aromatic rings. The summed E-state index contributed by atoms with van der Waals surface area (Å²) in [6.07, 6.45) is 5.47. The highest BCUT2D eigenvalue weighted by Gasteiger charge is 2.18. The molecule has 0 aliphatic carbocycles. The zero-order valence-corrected chi connectivity index (χ0v) is 13.2. The van der Waals surface area contributed by atoms with Crippen molar-refractivity contribution >= 4 is 22.5 Å². The van der Waals surface area contributed by atoms with Gasteiger partial charge in [-0.3, -0.25) is 14.5 Å². The van der Waals surface area contributed by atoms with Crippen molar-refractivity contribution in [1.82, 2.24) is 14.8 Å². The number of amides is 1. The lowest BCUT2D eigenvalue weighted by Gasteiger charge is -2.22. The molecule has 1 aromatic carbocycles. The summed E-state index contributed by atoms with van der Waals surface area (Å²) in [5, 5.41) is 8.35. The van der Waals surface area contributed by atoms with Crippen LogP contribution in [0.3, 0.4) is 0 Å². The molecule has 4 rings (SSSR count). The van der Waals surface area contributed by atoms with Crippen LogP contribution in [0, 0.1) is 0 Å². The molecular formula is C18H18N4O2. The van der Waals surface area contributed by atoms with Crippen LogP contribution in [0.4, 0.5) is 5.69 Å². The minimum atomic E-state index is -0.212. The number of nitrogens with one attached hydrogen (secondary N) is 1. The van der Waals surface area contributed by atoms with Gasteiger partial charge in [0.1, 0.15) is 0 Å². The van der Waals surface area contributed by atoms with Crippen molar-refractivity contribution in [3.05, 3.63) is 54.5 Å². The summed E-state index contributed by atoms with van der Waals surface area (Å²) in [4.78, 5) is 16.7. The average molecular weight is 322 g/mol. The van der Waals surface area contributed by atoms with Gasteiger partial charge in [-0.2, -0.15) is 5.10 Å². The Morgan fingerprint density at radius 3 is 2.96 bits per heavy atom. The predicted molar refractivity (Wildman–Crippen MR) is 91.0 cm³/mol. The number of hydrogen-bond donors (Lipinski definition) is 1. The Kier molecular flexibility index (Phi) is 3.96. The summed E-state index contributed by atoms with van der Waals surface area (Å²) in [6, 6.07) is 11.6. The number of carbonyl (C=O) groups is 1. The minimum absolute atomic E-state index is 0.212. The van der Waals surface area contributed by atoms with Gasteiger partial charge in [0.15, 0.2) is 5.69 Å². The lowest BCUT2D eigenvalue weighted by molar-refractivity contribution is 0.0661. The van der Waals surface area contributed by atoms with Crippen molar-refractivity contribution in [1.29, 1.82) is 0 Å². The number of anilines is 1. The fourth-order valence-corrected chi connectivity index (χ4v) is 2.95. The summed E-state index contributed by atoms with van der Waals surface area (Å²) in [5.41, 5.74) is 1.98. The van der Waals surface area contributed by atoms with Crippen molar-refractivity contribution in [3.63, 3.8) is 0 Å². The first-order valence-corrected chi connectivity index (χ1v) is 8.09. The molecule has 24 heavy (non-hydrogen) atoms. The second kappa shape index (κ2) is 6.41. The van der Waals surface area contributed by atoms with Crippen molar-refractivity contribution in [2.45, 2.75) is 18.9 Å². The van der Waals surface area contributed by atoms with E-state index in [9.17, 15) is 4.79 Å². The smallest absolute Gasteiger partial charge is 0.276 e. The number of nitrogens with zero attached hydrogens (tertiary/aromatic N) is 3. The van der Waals surface area contributed by atoms with E-state index in [1.807, 2.05) is 41.2 Å². The molecule has 1 aliphatic rings. The number of pyridine rings is 1. The maximum Gasteiger partial charge on any atom is 0.276 e. The van der Waals surface area contributed by atoms with E-state index in [0.29, 0.717) is 17.4 Å². The van der Waals surface area contributed by atoms with Crippen LogP contribution in [-0.2, 0) is 4.74 Å². The van der Waals surface area contributed by atoms with Crippen molar-refractivity contribution in [2.75, 3.05) is 18.5 Å². The zero-order chi connectivity index (χ0) is 16.4. The second-order valence-electron chi connectivity index (χ2n) is 5.89. The highest BCUT2D eigenvalue weighted by molar-refractivity contribution is 6.03. The van der Waals surface area contributed by atoms with Gasteiger partial charge in [-0.05, 0) is 37.1 Å². The topological polar surface area (TPSA) is 69.0 Å². The van der Waals surface area contributed by atoms with E-state index in [4.69, 9.17) is 4.74 Å². The van der Waals surface area contributed by atoms with Gasteiger partial charge in [0.25, 0.3) is 5.91 Å². The van der Waals surface area contributed by atoms with Gasteiger partial charge in [-0.1, -0.05) is 12.1 Å². The fraction of sp³-hybridized carbons (Fsp3) is 0.278. The van der Waals surface area contributed by atoms with E-state index in [1.165, 1.54) is 0 Å². The Bertz CT molecular complexity index is 868. The normalized spacial score (nSPS) is 15.5. The molecule has 1 amide bonds. The third-order valence-corrected chi connectivity index (χ3v) is 4.27. The van der Waals surface area contributed by atoms with Crippen LogP contribution < -0.4 is 5.32 Å². The molecule has 122 valence electrons. The van der Waals surface area contributed by atoms with E-state index in [0.717, 1.165) is 37.0 Å². The first kappa shape index (κ1) is 14.8. The molecule has 0 saturated carbocycles. The van der Waals surface area contributed by atoms with E-state index in [2.05, 4.69) is 15.4 Å². The first-order chi connectivity index (χ1) is 11.8. The molecule has 0 spiro atoms. The van der Waals surface area contributed by atoms with E-state index < -0.39 is 0 Å². The fourth-order valence-electron chi connectivity index (χ4n) is 2.95. The number of hydrogen-bond acceptors (Lipinski definition) is 4. The Labute approximate surface area is 139 Å². The standard InChI is InChI=1S/C18H18N4O2/c23-18(16-5-9-22(21-16)15-6-10-24-11-7-15)20-14-4-3-13-2-1-8-19-17(13)12-14/h1-5,8-9,12,15H,6-7,10-11H2,(H,20,23). The average Bonchev–Trinajstić information content (AvgIpc) is 3.13. The van der Waals surface area contributed by atoms with Gasteiger partial charge in [0, 0.05) is 36.7 Å². The molecule has 0 unspecified atom stereocenters. The zero-order valence-electron chi connectivity index (χ0n) is 13.2. The highest BCUT2D eigenvalue weighted by Crippen LogP contribution is 2.21. The molecule has 3 heterocycles. The molecule has 1 N–H and O–H groups in total. The van der Waals surface area contributed by atoms with Gasteiger partial charge in [0.2, 0.25) is 0 Å². The summed E-state index contributed by atoms with van der Waals surface area (Å²) in [5.74, 6) is -0.212. The van der Waals surface area contributed by atoms with Gasteiger partial charge in [-0.15, -0.1) is 0 Å². The van der Waals surface area contributed by atoms with Crippen molar-refractivity contribution in [2.24, 2.45) is 0 Å². The van der Waals surface area contributed by atoms with Gasteiger partial charge >= 0.3 is 0 Å². The van der Waals surface area contributed by atoms with E-state index >= 15 is 0 Å². The third-order valence-electron chi connectivity index (χ3n) is 4.27. The number of aromatic nitrogens is 3. The van der Waals surface area contributed by atoms with E-state index in [1.54, 1.807) is 12.3 Å². The largest absolute Gasteiger partial charge is 0.381 e. The number of benzene rings is 1. The number of rotatable bonds is 3. The summed E-state index contributed by atoms with van der Waals surface area (Å²) >= 11 is 0.